The lowest BCUT2D eigenvalue weighted by atomic mass is 9.80. The van der Waals surface area contributed by atoms with Gasteiger partial charge in [-0.3, -0.25) is 9.59 Å². The van der Waals surface area contributed by atoms with Crippen molar-refractivity contribution in [3.8, 4) is 0 Å². The van der Waals surface area contributed by atoms with Gasteiger partial charge in [-0.1, -0.05) is 12.1 Å². The van der Waals surface area contributed by atoms with Crippen LogP contribution in [0.3, 0.4) is 0 Å². The summed E-state index contributed by atoms with van der Waals surface area (Å²) in [7, 11) is 0. The van der Waals surface area contributed by atoms with Gasteiger partial charge in [0.15, 0.2) is 11.6 Å². The third kappa shape index (κ3) is 1.59. The fraction of sp³-hybridized carbons (Fsp3) is 0. The highest BCUT2D eigenvalue weighted by Gasteiger charge is 2.36. The minimum atomic E-state index is -1.33. The molecule has 0 fully saturated rings. The van der Waals surface area contributed by atoms with E-state index in [0.717, 1.165) is 6.07 Å². The van der Waals surface area contributed by atoms with Gasteiger partial charge in [0.05, 0.1) is 27.9 Å². The van der Waals surface area contributed by atoms with Gasteiger partial charge in [-0.25, -0.2) is 4.79 Å². The third-order valence-corrected chi connectivity index (χ3v) is 3.65. The summed E-state index contributed by atoms with van der Waals surface area (Å²) in [5.41, 5.74) is 16.7. The van der Waals surface area contributed by atoms with Gasteiger partial charge in [0.2, 0.25) is 0 Å². The number of anilines is 3. The number of carbonyl (C=O) groups is 3. The topological polar surface area (TPSA) is 150 Å². The second-order valence-electron chi connectivity index (χ2n) is 4.91. The molecule has 110 valence electrons. The minimum Gasteiger partial charge on any atom is -0.478 e. The Labute approximate surface area is 124 Å². The monoisotopic (exact) mass is 297 g/mol. The van der Waals surface area contributed by atoms with Gasteiger partial charge < -0.3 is 22.3 Å². The van der Waals surface area contributed by atoms with Crippen LogP contribution in [0.5, 0.6) is 0 Å². The molecule has 0 unspecified atom stereocenters. The lowest BCUT2D eigenvalue weighted by molar-refractivity contribution is 0.0697. The number of hydrogen-bond donors (Lipinski definition) is 4. The first-order valence-electron chi connectivity index (χ1n) is 6.27. The molecule has 22 heavy (non-hydrogen) atoms. The standard InChI is InChI=1S/C15H11N3O4/c16-7-3-1-2-5-9(7)14(20)10-8(17)4-6(15(21)22)12(18)11(10)13(5)19/h1-4H,16-18H2,(H,21,22). The Kier molecular flexibility index (Phi) is 2.68. The van der Waals surface area contributed by atoms with Gasteiger partial charge in [-0.2, -0.15) is 0 Å². The summed E-state index contributed by atoms with van der Waals surface area (Å²) < 4.78 is 0. The van der Waals surface area contributed by atoms with E-state index in [1.165, 1.54) is 18.2 Å². The molecule has 7 heteroatoms. The van der Waals surface area contributed by atoms with Crippen LogP contribution in [0.25, 0.3) is 0 Å². The van der Waals surface area contributed by atoms with Gasteiger partial charge in [-0.15, -0.1) is 0 Å². The van der Waals surface area contributed by atoms with E-state index in [-0.39, 0.29) is 44.9 Å². The molecule has 0 heterocycles. The van der Waals surface area contributed by atoms with Crippen LogP contribution in [0, 0.1) is 0 Å². The molecule has 7 nitrogen and oxygen atoms in total. The van der Waals surface area contributed by atoms with Crippen LogP contribution >= 0.6 is 0 Å². The number of ketones is 2. The van der Waals surface area contributed by atoms with Crippen molar-refractivity contribution in [3.63, 3.8) is 0 Å². The lowest BCUT2D eigenvalue weighted by Crippen LogP contribution is -2.26. The summed E-state index contributed by atoms with van der Waals surface area (Å²) in [6.45, 7) is 0. The van der Waals surface area contributed by atoms with E-state index in [1.54, 1.807) is 0 Å². The Hall–Kier alpha value is -3.35. The summed E-state index contributed by atoms with van der Waals surface area (Å²) in [4.78, 5) is 36.4. The van der Waals surface area contributed by atoms with Crippen molar-refractivity contribution in [2.45, 2.75) is 0 Å². The Balaban J connectivity index is 2.42. The molecule has 3 rings (SSSR count). The van der Waals surface area contributed by atoms with Crippen LogP contribution < -0.4 is 17.2 Å². The number of fused-ring (bicyclic) bond motifs is 2. The van der Waals surface area contributed by atoms with E-state index in [0.29, 0.717) is 0 Å². The zero-order valence-corrected chi connectivity index (χ0v) is 11.2. The van der Waals surface area contributed by atoms with Crippen LogP contribution in [-0.2, 0) is 0 Å². The van der Waals surface area contributed by atoms with Crippen molar-refractivity contribution in [1.29, 1.82) is 0 Å². The Bertz CT molecular complexity index is 887. The molecule has 2 aromatic rings. The van der Waals surface area contributed by atoms with Crippen molar-refractivity contribution in [2.75, 3.05) is 17.2 Å². The Morgan fingerprint density at radius 3 is 2.23 bits per heavy atom. The van der Waals surface area contributed by atoms with E-state index in [9.17, 15) is 14.4 Å². The predicted octanol–water partition coefficient (Wildman–Crippen LogP) is 0.907. The zero-order valence-electron chi connectivity index (χ0n) is 11.2. The number of carbonyl (C=O) groups excluding carboxylic acids is 2. The fourth-order valence-corrected chi connectivity index (χ4v) is 2.65. The highest BCUT2D eigenvalue weighted by Crippen LogP contribution is 2.37. The second-order valence-corrected chi connectivity index (χ2v) is 4.91. The number of aromatic carboxylic acids is 1. The molecule has 0 saturated carbocycles. The SMILES string of the molecule is Nc1cccc2c1C(=O)c1c(N)cc(C(=O)O)c(N)c1C2=O. The average molecular weight is 297 g/mol. The number of carboxylic acid groups (broad SMARTS) is 1. The molecule has 0 radical (unpaired) electrons. The maximum absolute atomic E-state index is 12.6. The van der Waals surface area contributed by atoms with Crippen molar-refractivity contribution in [2.24, 2.45) is 0 Å². The number of carboxylic acids is 1. The quantitative estimate of drug-likeness (QED) is 0.487. The Morgan fingerprint density at radius 1 is 0.909 bits per heavy atom. The summed E-state index contributed by atoms with van der Waals surface area (Å²) in [6.07, 6.45) is 0. The maximum atomic E-state index is 12.6. The zero-order chi connectivity index (χ0) is 16.2. The average Bonchev–Trinajstić information content (AvgIpc) is 2.46. The molecule has 0 aromatic heterocycles. The van der Waals surface area contributed by atoms with Crippen LogP contribution in [0.2, 0.25) is 0 Å². The predicted molar refractivity (Wildman–Crippen MR) is 79.9 cm³/mol. The molecule has 1 aliphatic carbocycles. The number of nitrogens with two attached hydrogens (primary N) is 3. The van der Waals surface area contributed by atoms with Crippen molar-refractivity contribution in [3.05, 3.63) is 52.1 Å². The van der Waals surface area contributed by atoms with Crippen LogP contribution in [0.15, 0.2) is 24.3 Å². The summed E-state index contributed by atoms with van der Waals surface area (Å²) >= 11 is 0. The molecule has 0 saturated heterocycles. The molecule has 1 aliphatic rings. The van der Waals surface area contributed by atoms with E-state index in [1.807, 2.05) is 0 Å². The summed E-state index contributed by atoms with van der Waals surface area (Å²) in [5, 5.41) is 9.13. The third-order valence-electron chi connectivity index (χ3n) is 3.65. The van der Waals surface area contributed by atoms with E-state index in [4.69, 9.17) is 22.3 Å². The highest BCUT2D eigenvalue weighted by molar-refractivity contribution is 6.33. The molecule has 7 N–H and O–H groups in total. The number of benzene rings is 2. The molecule has 0 amide bonds. The smallest absolute Gasteiger partial charge is 0.337 e. The maximum Gasteiger partial charge on any atom is 0.337 e. The van der Waals surface area contributed by atoms with Gasteiger partial charge in [-0.05, 0) is 12.1 Å². The second kappa shape index (κ2) is 4.32. The molecule has 0 spiro atoms. The van der Waals surface area contributed by atoms with Gasteiger partial charge >= 0.3 is 5.97 Å². The first kappa shape index (κ1) is 13.6. The minimum absolute atomic E-state index is 0.0641. The molecule has 0 atom stereocenters. The van der Waals surface area contributed by atoms with Crippen LogP contribution in [0.1, 0.15) is 42.2 Å². The number of rotatable bonds is 1. The molecule has 2 aromatic carbocycles. The largest absolute Gasteiger partial charge is 0.478 e. The summed E-state index contributed by atoms with van der Waals surface area (Å²) in [5.74, 6) is -2.43. The molecule has 0 aliphatic heterocycles. The molecular weight excluding hydrogens is 286 g/mol. The van der Waals surface area contributed by atoms with Gasteiger partial charge in [0.1, 0.15) is 0 Å². The van der Waals surface area contributed by atoms with Crippen molar-refractivity contribution < 1.29 is 19.5 Å². The number of nitrogen functional groups attached to an aromatic ring is 3. The van der Waals surface area contributed by atoms with Crippen molar-refractivity contribution >= 4 is 34.6 Å². The first-order valence-corrected chi connectivity index (χ1v) is 6.27. The number of hydrogen-bond acceptors (Lipinski definition) is 6. The van der Waals surface area contributed by atoms with Crippen molar-refractivity contribution in [1.82, 2.24) is 0 Å². The Morgan fingerprint density at radius 2 is 1.59 bits per heavy atom. The molecular formula is C15H11N3O4. The van der Waals surface area contributed by atoms with Crippen LogP contribution in [-0.4, -0.2) is 22.6 Å². The lowest BCUT2D eigenvalue weighted by Gasteiger charge is -2.22. The van der Waals surface area contributed by atoms with Gasteiger partial charge in [0, 0.05) is 16.9 Å². The fourth-order valence-electron chi connectivity index (χ4n) is 2.65. The van der Waals surface area contributed by atoms with Crippen LogP contribution in [0.4, 0.5) is 17.1 Å². The van der Waals surface area contributed by atoms with Gasteiger partial charge in [0.25, 0.3) is 0 Å². The van der Waals surface area contributed by atoms with E-state index < -0.39 is 17.5 Å². The van der Waals surface area contributed by atoms with E-state index in [2.05, 4.69) is 0 Å². The normalized spacial score (nSPS) is 12.7. The first-order chi connectivity index (χ1) is 10.3. The van der Waals surface area contributed by atoms with E-state index >= 15 is 0 Å². The highest BCUT2D eigenvalue weighted by atomic mass is 16.4. The summed E-state index contributed by atoms with van der Waals surface area (Å²) in [6, 6.07) is 5.55. The molecule has 0 bridgehead atoms.